The Morgan fingerprint density at radius 3 is 2.23 bits per heavy atom. The van der Waals surface area contributed by atoms with Gasteiger partial charge in [0.2, 0.25) is 11.8 Å². The van der Waals surface area contributed by atoms with Gasteiger partial charge in [-0.3, -0.25) is 9.59 Å². The van der Waals surface area contributed by atoms with Crippen molar-refractivity contribution in [2.75, 3.05) is 24.3 Å². The van der Waals surface area contributed by atoms with Gasteiger partial charge >= 0.3 is 0 Å². The Kier molecular flexibility index (Phi) is 9.19. The van der Waals surface area contributed by atoms with Crippen molar-refractivity contribution in [3.8, 4) is 0 Å². The number of nitrogens with zero attached hydrogens (tertiary/aromatic N) is 2. The number of carbonyl (C=O) groups excluding carboxylic acids is 2. The van der Waals surface area contributed by atoms with Gasteiger partial charge in [0.1, 0.15) is 0 Å². The van der Waals surface area contributed by atoms with Crippen LogP contribution in [0.2, 0.25) is 0 Å². The topological polar surface area (TPSA) is 52.7 Å². The Labute approximate surface area is 183 Å². The monoisotopic (exact) mass is 415 g/mol. The standard InChI is InChI=1S/C25H41N3O2/c1-7-18(4)28(25(30)19(8-2)9-3)17-21-16-22(14-15-23(21)27(5)6)26-24(29)20-12-10-11-13-20/h14-16,18-20H,7-13,17H2,1-6H3,(H,26,29)/t18-/m0/s1. The molecule has 5 nitrogen and oxygen atoms in total. The number of hydrogen-bond donors (Lipinski definition) is 1. The SMILES string of the molecule is CCC(CC)C(=O)N(Cc1cc(NC(=O)C2CCCC2)ccc1N(C)C)[C@@H](C)CC. The van der Waals surface area contributed by atoms with Crippen LogP contribution >= 0.6 is 0 Å². The van der Waals surface area contributed by atoms with Gasteiger partial charge in [-0.1, -0.05) is 33.6 Å². The molecule has 1 aliphatic carbocycles. The molecule has 1 aliphatic rings. The molecule has 1 fully saturated rings. The van der Waals surface area contributed by atoms with E-state index in [1.54, 1.807) is 0 Å². The minimum atomic E-state index is 0.0621. The van der Waals surface area contributed by atoms with Crippen molar-refractivity contribution in [3.05, 3.63) is 23.8 Å². The molecule has 0 spiro atoms. The lowest BCUT2D eigenvalue weighted by Crippen LogP contribution is -2.41. The Bertz CT molecular complexity index is 706. The van der Waals surface area contributed by atoms with E-state index in [2.05, 4.69) is 50.0 Å². The van der Waals surface area contributed by atoms with Crippen molar-refractivity contribution >= 4 is 23.2 Å². The van der Waals surface area contributed by atoms with E-state index in [0.29, 0.717) is 6.54 Å². The van der Waals surface area contributed by atoms with Crippen molar-refractivity contribution in [1.29, 1.82) is 0 Å². The molecule has 0 aliphatic heterocycles. The van der Waals surface area contributed by atoms with Crippen LogP contribution in [0.25, 0.3) is 0 Å². The minimum Gasteiger partial charge on any atom is -0.377 e. The van der Waals surface area contributed by atoms with Crippen molar-refractivity contribution < 1.29 is 9.59 Å². The number of carbonyl (C=O) groups is 2. The van der Waals surface area contributed by atoms with E-state index < -0.39 is 0 Å². The first kappa shape index (κ1) is 24.2. The number of rotatable bonds is 10. The van der Waals surface area contributed by atoms with Gasteiger partial charge in [0.15, 0.2) is 0 Å². The number of amides is 2. The first-order valence-corrected chi connectivity index (χ1v) is 11.7. The van der Waals surface area contributed by atoms with Gasteiger partial charge in [0, 0.05) is 49.9 Å². The first-order valence-electron chi connectivity index (χ1n) is 11.7. The minimum absolute atomic E-state index is 0.0621. The molecule has 0 heterocycles. The average Bonchev–Trinajstić information content (AvgIpc) is 3.27. The third-order valence-electron chi connectivity index (χ3n) is 6.64. The van der Waals surface area contributed by atoms with E-state index in [-0.39, 0.29) is 29.7 Å². The second-order valence-corrected chi connectivity index (χ2v) is 8.95. The van der Waals surface area contributed by atoms with Gasteiger partial charge in [-0.15, -0.1) is 0 Å². The predicted octanol–water partition coefficient (Wildman–Crippen LogP) is 5.44. The Morgan fingerprint density at radius 2 is 1.70 bits per heavy atom. The highest BCUT2D eigenvalue weighted by molar-refractivity contribution is 5.93. The summed E-state index contributed by atoms with van der Waals surface area (Å²) >= 11 is 0. The van der Waals surface area contributed by atoms with E-state index in [4.69, 9.17) is 0 Å². The maximum absolute atomic E-state index is 13.3. The third kappa shape index (κ3) is 5.99. The van der Waals surface area contributed by atoms with Crippen molar-refractivity contribution in [1.82, 2.24) is 4.90 Å². The van der Waals surface area contributed by atoms with Crippen LogP contribution in [0.15, 0.2) is 18.2 Å². The van der Waals surface area contributed by atoms with Crippen LogP contribution in [0, 0.1) is 11.8 Å². The van der Waals surface area contributed by atoms with Gasteiger partial charge in [-0.25, -0.2) is 0 Å². The summed E-state index contributed by atoms with van der Waals surface area (Å²) in [5.41, 5.74) is 2.98. The zero-order valence-electron chi connectivity index (χ0n) is 19.8. The lowest BCUT2D eigenvalue weighted by atomic mass is 9.99. The van der Waals surface area contributed by atoms with Crippen LogP contribution < -0.4 is 10.2 Å². The lowest BCUT2D eigenvalue weighted by molar-refractivity contribution is -0.138. The largest absolute Gasteiger partial charge is 0.377 e. The summed E-state index contributed by atoms with van der Waals surface area (Å²) in [6.45, 7) is 8.99. The van der Waals surface area contributed by atoms with Gasteiger partial charge < -0.3 is 15.1 Å². The third-order valence-corrected chi connectivity index (χ3v) is 6.64. The normalized spacial score (nSPS) is 15.3. The Morgan fingerprint density at radius 1 is 1.07 bits per heavy atom. The van der Waals surface area contributed by atoms with Crippen LogP contribution in [0.5, 0.6) is 0 Å². The molecule has 0 radical (unpaired) electrons. The Balaban J connectivity index is 2.30. The molecule has 1 saturated carbocycles. The average molecular weight is 416 g/mol. The molecule has 168 valence electrons. The van der Waals surface area contributed by atoms with Gasteiger partial charge in [0.25, 0.3) is 0 Å². The van der Waals surface area contributed by atoms with Crippen molar-refractivity contribution in [2.45, 2.75) is 85.2 Å². The smallest absolute Gasteiger partial charge is 0.227 e. The first-order chi connectivity index (χ1) is 14.3. The molecular formula is C25H41N3O2. The summed E-state index contributed by atoms with van der Waals surface area (Å²) in [5, 5.41) is 3.12. The summed E-state index contributed by atoms with van der Waals surface area (Å²) in [6, 6.07) is 6.25. The zero-order chi connectivity index (χ0) is 22.3. The molecule has 5 heteroatoms. The highest BCUT2D eigenvalue weighted by Crippen LogP contribution is 2.29. The van der Waals surface area contributed by atoms with E-state index in [1.165, 1.54) is 0 Å². The molecule has 2 amide bonds. The lowest BCUT2D eigenvalue weighted by Gasteiger charge is -2.33. The fraction of sp³-hybridized carbons (Fsp3) is 0.680. The summed E-state index contributed by atoms with van der Waals surface area (Å²) in [6.07, 6.45) is 6.90. The fourth-order valence-electron chi connectivity index (χ4n) is 4.39. The highest BCUT2D eigenvalue weighted by Gasteiger charge is 2.27. The highest BCUT2D eigenvalue weighted by atomic mass is 16.2. The maximum atomic E-state index is 13.3. The fourth-order valence-corrected chi connectivity index (χ4v) is 4.39. The number of anilines is 2. The molecular weight excluding hydrogens is 374 g/mol. The molecule has 0 aromatic heterocycles. The van der Waals surface area contributed by atoms with Crippen LogP contribution in [-0.2, 0) is 16.1 Å². The van der Waals surface area contributed by atoms with Crippen molar-refractivity contribution in [2.24, 2.45) is 11.8 Å². The van der Waals surface area contributed by atoms with E-state index in [1.807, 2.05) is 25.1 Å². The molecule has 1 aromatic rings. The molecule has 1 atom stereocenters. The van der Waals surface area contributed by atoms with Crippen LogP contribution in [0.3, 0.4) is 0 Å². The summed E-state index contributed by atoms with van der Waals surface area (Å²) in [7, 11) is 4.04. The zero-order valence-corrected chi connectivity index (χ0v) is 19.8. The van der Waals surface area contributed by atoms with Crippen LogP contribution in [-0.4, -0.2) is 36.9 Å². The summed E-state index contributed by atoms with van der Waals surface area (Å²) < 4.78 is 0. The van der Waals surface area contributed by atoms with Gasteiger partial charge in [-0.05, 0) is 62.8 Å². The molecule has 1 aromatic carbocycles. The molecule has 2 rings (SSSR count). The predicted molar refractivity (Wildman–Crippen MR) is 126 cm³/mol. The van der Waals surface area contributed by atoms with Gasteiger partial charge in [0.05, 0.1) is 0 Å². The van der Waals surface area contributed by atoms with Crippen LogP contribution in [0.4, 0.5) is 11.4 Å². The van der Waals surface area contributed by atoms with Crippen molar-refractivity contribution in [3.63, 3.8) is 0 Å². The molecule has 0 saturated heterocycles. The second kappa shape index (κ2) is 11.4. The van der Waals surface area contributed by atoms with Gasteiger partial charge in [-0.2, -0.15) is 0 Å². The Hall–Kier alpha value is -2.04. The number of nitrogens with one attached hydrogen (secondary N) is 1. The van der Waals surface area contributed by atoms with E-state index >= 15 is 0 Å². The molecule has 1 N–H and O–H groups in total. The second-order valence-electron chi connectivity index (χ2n) is 8.95. The molecule has 0 unspecified atom stereocenters. The number of benzene rings is 1. The molecule has 0 bridgehead atoms. The summed E-state index contributed by atoms with van der Waals surface area (Å²) in [4.78, 5) is 30.0. The quantitative estimate of drug-likeness (QED) is 0.553. The molecule has 30 heavy (non-hydrogen) atoms. The van der Waals surface area contributed by atoms with E-state index in [9.17, 15) is 9.59 Å². The number of hydrogen-bond acceptors (Lipinski definition) is 3. The summed E-state index contributed by atoms with van der Waals surface area (Å²) in [5.74, 6) is 0.560. The van der Waals surface area contributed by atoms with Crippen LogP contribution in [0.1, 0.15) is 78.2 Å². The maximum Gasteiger partial charge on any atom is 0.227 e. The van der Waals surface area contributed by atoms with E-state index in [0.717, 1.165) is 61.9 Å².